The fourth-order valence-electron chi connectivity index (χ4n) is 4.54. The summed E-state index contributed by atoms with van der Waals surface area (Å²) in [6, 6.07) is 15.5. The highest BCUT2D eigenvalue weighted by Crippen LogP contribution is 2.42. The lowest BCUT2D eigenvalue weighted by molar-refractivity contribution is -0.181. The van der Waals surface area contributed by atoms with Gasteiger partial charge in [0.1, 0.15) is 11.4 Å². The molecule has 1 saturated heterocycles. The number of cyclic esters (lactones) is 1. The number of esters is 1. The van der Waals surface area contributed by atoms with Crippen molar-refractivity contribution in [3.05, 3.63) is 54.1 Å². The molecule has 0 spiro atoms. The number of rotatable bonds is 11. The second-order valence-electron chi connectivity index (χ2n) is 9.43. The van der Waals surface area contributed by atoms with Crippen LogP contribution in [0.1, 0.15) is 77.2 Å². The summed E-state index contributed by atoms with van der Waals surface area (Å²) in [6.45, 7) is 6.26. The monoisotopic (exact) mass is 452 g/mol. The van der Waals surface area contributed by atoms with Crippen molar-refractivity contribution in [2.45, 2.75) is 77.2 Å². The highest BCUT2D eigenvalue weighted by Gasteiger charge is 2.47. The van der Waals surface area contributed by atoms with E-state index in [-0.39, 0.29) is 12.4 Å². The molecule has 1 fully saturated rings. The first-order valence-corrected chi connectivity index (χ1v) is 12.1. The molecule has 0 saturated carbocycles. The van der Waals surface area contributed by atoms with Gasteiger partial charge in [0.25, 0.3) is 0 Å². The van der Waals surface area contributed by atoms with Crippen molar-refractivity contribution in [2.24, 2.45) is 5.92 Å². The largest absolute Gasteiger partial charge is 0.494 e. The highest BCUT2D eigenvalue weighted by atomic mass is 16.6. The lowest BCUT2D eigenvalue weighted by Gasteiger charge is -2.39. The maximum Gasteiger partial charge on any atom is 0.314 e. The van der Waals surface area contributed by atoms with Crippen molar-refractivity contribution >= 4 is 11.9 Å². The molecule has 0 amide bonds. The molecule has 1 aliphatic rings. The van der Waals surface area contributed by atoms with E-state index >= 15 is 0 Å². The van der Waals surface area contributed by atoms with Crippen LogP contribution in [-0.2, 0) is 14.3 Å². The molecule has 0 bridgehead atoms. The Kier molecular flexibility index (Phi) is 8.54. The van der Waals surface area contributed by atoms with Crippen LogP contribution in [0.5, 0.6) is 5.75 Å². The molecule has 0 radical (unpaired) electrons. The second kappa shape index (κ2) is 11.4. The van der Waals surface area contributed by atoms with Crippen LogP contribution in [0.15, 0.2) is 48.5 Å². The molecule has 5 heteroatoms. The van der Waals surface area contributed by atoms with Gasteiger partial charge >= 0.3 is 11.9 Å². The molecule has 1 unspecified atom stereocenters. The van der Waals surface area contributed by atoms with Crippen LogP contribution < -0.4 is 4.74 Å². The van der Waals surface area contributed by atoms with Gasteiger partial charge in [-0.1, -0.05) is 75.4 Å². The average molecular weight is 453 g/mol. The van der Waals surface area contributed by atoms with E-state index in [2.05, 4.69) is 6.92 Å². The molecule has 1 heterocycles. The lowest BCUT2D eigenvalue weighted by atomic mass is 9.76. The third-order valence-electron chi connectivity index (χ3n) is 6.52. The Hall–Kier alpha value is -2.82. The van der Waals surface area contributed by atoms with E-state index in [1.807, 2.05) is 48.5 Å². The summed E-state index contributed by atoms with van der Waals surface area (Å²) in [5.41, 5.74) is 1.64. The predicted molar refractivity (Wildman–Crippen MR) is 129 cm³/mol. The second-order valence-corrected chi connectivity index (χ2v) is 9.43. The van der Waals surface area contributed by atoms with Gasteiger partial charge in [0, 0.05) is 0 Å². The molecule has 2 aromatic rings. The van der Waals surface area contributed by atoms with Crippen molar-refractivity contribution in [1.82, 2.24) is 0 Å². The molecule has 0 aliphatic carbocycles. The zero-order valence-electron chi connectivity index (χ0n) is 20.0. The van der Waals surface area contributed by atoms with Crippen LogP contribution in [0.25, 0.3) is 11.1 Å². The maximum absolute atomic E-state index is 12.8. The molecule has 2 atom stereocenters. The third kappa shape index (κ3) is 6.37. The minimum atomic E-state index is -1.02. The van der Waals surface area contributed by atoms with Crippen molar-refractivity contribution in [3.8, 4) is 16.9 Å². The minimum absolute atomic E-state index is 0.220. The first-order chi connectivity index (χ1) is 15.8. The van der Waals surface area contributed by atoms with Crippen LogP contribution in [-0.4, -0.2) is 29.3 Å². The standard InChI is InChI=1S/C28H36O5/c1-4-5-6-7-8-11-18-32-21-16-14-20(15-17-21)22-12-9-10-13-23(22)24-19-25(26(29)30)28(2,3)33-27(24)31/h9-10,12-17,24-25H,4-8,11,18-19H2,1-3H3,(H,29,30)/t24?,25-/m1/s1. The van der Waals surface area contributed by atoms with Crippen molar-refractivity contribution in [1.29, 1.82) is 0 Å². The van der Waals surface area contributed by atoms with Crippen LogP contribution in [0.4, 0.5) is 0 Å². The molecule has 1 N–H and O–H groups in total. The van der Waals surface area contributed by atoms with Gasteiger partial charge in [-0.05, 0) is 55.5 Å². The summed E-state index contributed by atoms with van der Waals surface area (Å²) < 4.78 is 11.5. The van der Waals surface area contributed by atoms with Crippen LogP contribution in [0.3, 0.4) is 0 Å². The number of hydrogen-bond donors (Lipinski definition) is 1. The van der Waals surface area contributed by atoms with Crippen molar-refractivity contribution < 1.29 is 24.2 Å². The average Bonchev–Trinajstić information content (AvgIpc) is 2.78. The van der Waals surface area contributed by atoms with E-state index in [4.69, 9.17) is 9.47 Å². The van der Waals surface area contributed by atoms with Crippen LogP contribution >= 0.6 is 0 Å². The molecular weight excluding hydrogens is 416 g/mol. The van der Waals surface area contributed by atoms with Gasteiger partial charge in [-0.25, -0.2) is 0 Å². The molecule has 178 valence electrons. The van der Waals surface area contributed by atoms with E-state index in [0.717, 1.165) is 28.9 Å². The predicted octanol–water partition coefficient (Wildman–Crippen LogP) is 6.60. The Morgan fingerprint density at radius 1 is 1.03 bits per heavy atom. The summed E-state index contributed by atoms with van der Waals surface area (Å²) in [6.07, 6.45) is 7.58. The third-order valence-corrected chi connectivity index (χ3v) is 6.52. The number of carboxylic acid groups (broad SMARTS) is 1. The molecule has 2 aromatic carbocycles. The van der Waals surface area contributed by atoms with Crippen LogP contribution in [0, 0.1) is 5.92 Å². The first kappa shape index (κ1) is 24.8. The zero-order chi connectivity index (χ0) is 23.8. The van der Waals surface area contributed by atoms with E-state index in [9.17, 15) is 14.7 Å². The van der Waals surface area contributed by atoms with Gasteiger partial charge in [0.2, 0.25) is 0 Å². The van der Waals surface area contributed by atoms with E-state index in [1.54, 1.807) is 13.8 Å². The Morgan fingerprint density at radius 3 is 2.39 bits per heavy atom. The summed E-state index contributed by atoms with van der Waals surface area (Å²) >= 11 is 0. The smallest absolute Gasteiger partial charge is 0.314 e. The van der Waals surface area contributed by atoms with Crippen LogP contribution in [0.2, 0.25) is 0 Å². The number of carbonyl (C=O) groups is 2. The summed E-state index contributed by atoms with van der Waals surface area (Å²) in [7, 11) is 0. The molecule has 3 rings (SSSR count). The van der Waals surface area contributed by atoms with Gasteiger partial charge in [-0.3, -0.25) is 9.59 Å². The number of carboxylic acids is 1. The van der Waals surface area contributed by atoms with Crippen molar-refractivity contribution in [3.63, 3.8) is 0 Å². The topological polar surface area (TPSA) is 72.8 Å². The molecule has 0 aromatic heterocycles. The molecule has 5 nitrogen and oxygen atoms in total. The lowest BCUT2D eigenvalue weighted by Crippen LogP contribution is -2.48. The van der Waals surface area contributed by atoms with E-state index < -0.39 is 23.4 Å². The number of ether oxygens (including phenoxy) is 2. The Labute approximate surface area is 197 Å². The summed E-state index contributed by atoms with van der Waals surface area (Å²) in [5.74, 6) is -1.86. The zero-order valence-corrected chi connectivity index (χ0v) is 20.0. The van der Waals surface area contributed by atoms with Crippen molar-refractivity contribution in [2.75, 3.05) is 6.61 Å². The fourth-order valence-corrected chi connectivity index (χ4v) is 4.54. The van der Waals surface area contributed by atoms with Gasteiger partial charge < -0.3 is 14.6 Å². The SMILES string of the molecule is CCCCCCCCOc1ccc(-c2ccccc2C2C[C@H](C(=O)O)C(C)(C)OC2=O)cc1. The maximum atomic E-state index is 12.8. The molecule has 1 aliphatic heterocycles. The van der Waals surface area contributed by atoms with Gasteiger partial charge in [-0.2, -0.15) is 0 Å². The number of carbonyl (C=O) groups excluding carboxylic acids is 1. The van der Waals surface area contributed by atoms with E-state index in [0.29, 0.717) is 6.61 Å². The minimum Gasteiger partial charge on any atom is -0.494 e. The van der Waals surface area contributed by atoms with E-state index in [1.165, 1.54) is 32.1 Å². The Bertz CT molecular complexity index is 932. The molecule has 33 heavy (non-hydrogen) atoms. The fraction of sp³-hybridized carbons (Fsp3) is 0.500. The summed E-state index contributed by atoms with van der Waals surface area (Å²) in [5, 5.41) is 9.68. The normalized spacial score (nSPS) is 19.7. The molecular formula is C28H36O5. The number of unbranched alkanes of at least 4 members (excludes halogenated alkanes) is 5. The number of benzene rings is 2. The van der Waals surface area contributed by atoms with Gasteiger partial charge in [0.15, 0.2) is 0 Å². The van der Waals surface area contributed by atoms with Gasteiger partial charge in [0.05, 0.1) is 18.4 Å². The number of aliphatic carboxylic acids is 1. The summed E-state index contributed by atoms with van der Waals surface area (Å²) in [4.78, 5) is 24.6. The highest BCUT2D eigenvalue weighted by molar-refractivity contribution is 5.86. The first-order valence-electron chi connectivity index (χ1n) is 12.1. The number of hydrogen-bond acceptors (Lipinski definition) is 4. The Balaban J connectivity index is 1.69. The Morgan fingerprint density at radius 2 is 1.70 bits per heavy atom. The van der Waals surface area contributed by atoms with Gasteiger partial charge in [-0.15, -0.1) is 0 Å². The quantitative estimate of drug-likeness (QED) is 0.307.